The monoisotopic (exact) mass is 690 g/mol. The highest BCUT2D eigenvalue weighted by molar-refractivity contribution is 8.00. The van der Waals surface area contributed by atoms with E-state index in [-0.39, 0.29) is 47.5 Å². The lowest BCUT2D eigenvalue weighted by atomic mass is 10.2. The molecule has 0 aliphatic heterocycles. The third-order valence-electron chi connectivity index (χ3n) is 7.75. The molecule has 2 amide bonds. The minimum absolute atomic E-state index is 0.0821. The predicted molar refractivity (Wildman–Crippen MR) is 195 cm³/mol. The molecule has 49 heavy (non-hydrogen) atoms. The molecule has 2 N–H and O–H groups in total. The van der Waals surface area contributed by atoms with Gasteiger partial charge in [-0.1, -0.05) is 108 Å². The quantitative estimate of drug-likeness (QED) is 0.121. The summed E-state index contributed by atoms with van der Waals surface area (Å²) in [6.45, 7) is 1.32. The van der Waals surface area contributed by atoms with Gasteiger partial charge in [0.25, 0.3) is 11.1 Å². The Labute approximate surface area is 291 Å². The number of fused-ring (bicyclic) bond motifs is 2. The highest BCUT2D eigenvalue weighted by Gasteiger charge is 2.16. The number of benzene rings is 4. The zero-order valence-corrected chi connectivity index (χ0v) is 28.2. The van der Waals surface area contributed by atoms with E-state index in [2.05, 4.69) is 10.6 Å². The Morgan fingerprint density at radius 1 is 0.551 bits per heavy atom. The summed E-state index contributed by atoms with van der Waals surface area (Å²) < 4.78 is 3.14. The summed E-state index contributed by atoms with van der Waals surface area (Å²) in [4.78, 5) is 62.3. The van der Waals surface area contributed by atoms with Gasteiger partial charge >= 0.3 is 0 Å². The molecule has 12 heteroatoms. The fraction of sp³-hybridized carbons (Fsp3) is 0.189. The van der Waals surface area contributed by atoms with Gasteiger partial charge in [0, 0.05) is 26.2 Å². The van der Waals surface area contributed by atoms with Crippen LogP contribution in [0, 0.1) is 0 Å². The lowest BCUT2D eigenvalue weighted by Gasteiger charge is -2.16. The number of nitrogens with one attached hydrogen (secondary N) is 2. The molecule has 0 saturated heterocycles. The Bertz CT molecular complexity index is 2050. The van der Waals surface area contributed by atoms with Crippen molar-refractivity contribution in [1.82, 2.24) is 29.7 Å². The van der Waals surface area contributed by atoms with Crippen molar-refractivity contribution >= 4 is 57.1 Å². The van der Waals surface area contributed by atoms with Gasteiger partial charge < -0.3 is 10.6 Å². The zero-order chi connectivity index (χ0) is 34.0. The van der Waals surface area contributed by atoms with Crippen LogP contribution >= 0.6 is 23.5 Å². The van der Waals surface area contributed by atoms with Gasteiger partial charge in [-0.3, -0.25) is 28.3 Å². The molecule has 0 spiro atoms. The van der Waals surface area contributed by atoms with Gasteiger partial charge in [-0.2, -0.15) is 0 Å². The molecule has 2 heterocycles. The minimum atomic E-state index is -0.216. The molecule has 0 fully saturated rings. The normalized spacial score (nSPS) is 11.1. The van der Waals surface area contributed by atoms with E-state index in [0.717, 1.165) is 11.1 Å². The number of hydrogen-bond acceptors (Lipinski definition) is 8. The topological polar surface area (TPSA) is 128 Å². The van der Waals surface area contributed by atoms with Crippen molar-refractivity contribution in [3.63, 3.8) is 0 Å². The number of carbonyl (C=O) groups is 2. The first kappa shape index (κ1) is 33.7. The van der Waals surface area contributed by atoms with E-state index >= 15 is 0 Å². The highest BCUT2D eigenvalue weighted by Crippen LogP contribution is 2.20. The van der Waals surface area contributed by atoms with Crippen LogP contribution < -0.4 is 21.8 Å². The summed E-state index contributed by atoms with van der Waals surface area (Å²) in [5.41, 5.74) is 2.65. The van der Waals surface area contributed by atoms with Gasteiger partial charge in [0.2, 0.25) is 11.8 Å². The summed E-state index contributed by atoms with van der Waals surface area (Å²) in [6.07, 6.45) is 0.404. The van der Waals surface area contributed by atoms with Crippen LogP contribution in [0.15, 0.2) is 129 Å². The molecule has 0 aliphatic rings. The first-order valence-electron chi connectivity index (χ1n) is 15.8. The standard InChI is InChI=1S/C37H34N6O4S2/c44-32(38-22-26-12-3-1-4-13-26)24-48-36-40-30-18-9-7-16-28(30)34(46)42(36)20-11-21-43-35(47)29-17-8-10-19-31(29)41-37(43)49-25-33(45)39-23-27-14-5-2-6-15-27/h1-10,12-19H,11,20-25H2,(H,38,44)(H,39,45). The van der Waals surface area contributed by atoms with Gasteiger partial charge in [-0.25, -0.2) is 9.97 Å². The van der Waals surface area contributed by atoms with Crippen molar-refractivity contribution in [3.05, 3.63) is 141 Å². The summed E-state index contributed by atoms with van der Waals surface area (Å²) in [5, 5.41) is 7.63. The average molecular weight is 691 g/mol. The second-order valence-corrected chi connectivity index (χ2v) is 13.1. The molecule has 0 bridgehead atoms. The van der Waals surface area contributed by atoms with E-state index in [4.69, 9.17) is 9.97 Å². The van der Waals surface area contributed by atoms with E-state index in [1.165, 1.54) is 23.5 Å². The van der Waals surface area contributed by atoms with E-state index in [0.29, 0.717) is 51.6 Å². The van der Waals surface area contributed by atoms with Crippen LogP contribution in [0.4, 0.5) is 0 Å². The number of nitrogens with zero attached hydrogens (tertiary/aromatic N) is 4. The molecular formula is C37H34N6O4S2. The van der Waals surface area contributed by atoms with E-state index < -0.39 is 0 Å². The van der Waals surface area contributed by atoms with Crippen molar-refractivity contribution < 1.29 is 9.59 Å². The van der Waals surface area contributed by atoms with Crippen LogP contribution in [0.1, 0.15) is 17.5 Å². The third-order valence-corrected chi connectivity index (χ3v) is 9.70. The molecule has 10 nitrogen and oxygen atoms in total. The molecular weight excluding hydrogens is 657 g/mol. The molecule has 0 atom stereocenters. The van der Waals surface area contributed by atoms with Crippen LogP contribution in [0.25, 0.3) is 21.8 Å². The van der Waals surface area contributed by atoms with Gasteiger partial charge in [0.15, 0.2) is 10.3 Å². The van der Waals surface area contributed by atoms with Crippen molar-refractivity contribution in [1.29, 1.82) is 0 Å². The maximum absolute atomic E-state index is 13.7. The predicted octanol–water partition coefficient (Wildman–Crippen LogP) is 5.01. The van der Waals surface area contributed by atoms with Gasteiger partial charge in [-0.05, 0) is 41.8 Å². The van der Waals surface area contributed by atoms with Gasteiger partial charge in [-0.15, -0.1) is 0 Å². The maximum Gasteiger partial charge on any atom is 0.262 e. The second-order valence-electron chi connectivity index (χ2n) is 11.2. The Balaban J connectivity index is 1.18. The molecule has 0 aliphatic carbocycles. The van der Waals surface area contributed by atoms with E-state index in [1.807, 2.05) is 72.8 Å². The van der Waals surface area contributed by atoms with Crippen molar-refractivity contribution in [2.75, 3.05) is 11.5 Å². The van der Waals surface area contributed by atoms with Gasteiger partial charge in [0.1, 0.15) is 0 Å². The fourth-order valence-corrected chi connectivity index (χ4v) is 6.96. The van der Waals surface area contributed by atoms with Crippen molar-refractivity contribution in [2.45, 2.75) is 42.9 Å². The van der Waals surface area contributed by atoms with E-state index in [1.54, 1.807) is 45.5 Å². The van der Waals surface area contributed by atoms with Crippen molar-refractivity contribution in [3.8, 4) is 0 Å². The smallest absolute Gasteiger partial charge is 0.262 e. The molecule has 2 aromatic heterocycles. The second kappa shape index (κ2) is 16.3. The summed E-state index contributed by atoms with van der Waals surface area (Å²) in [6, 6.07) is 33.5. The van der Waals surface area contributed by atoms with Crippen molar-refractivity contribution in [2.24, 2.45) is 0 Å². The number of hydrogen-bond donors (Lipinski definition) is 2. The number of rotatable bonds is 14. The molecule has 6 rings (SSSR count). The molecule has 248 valence electrons. The summed E-state index contributed by atoms with van der Waals surface area (Å²) in [5.74, 6) is -0.186. The van der Waals surface area contributed by atoms with Gasteiger partial charge in [0.05, 0.1) is 33.3 Å². The zero-order valence-electron chi connectivity index (χ0n) is 26.6. The number of aromatic nitrogens is 4. The van der Waals surface area contributed by atoms with Crippen LogP contribution in [0.5, 0.6) is 0 Å². The average Bonchev–Trinajstić information content (AvgIpc) is 3.14. The first-order chi connectivity index (χ1) is 24.0. The Kier molecular flexibility index (Phi) is 11.2. The van der Waals surface area contributed by atoms with Crippen LogP contribution in [0.3, 0.4) is 0 Å². The Morgan fingerprint density at radius 3 is 1.37 bits per heavy atom. The lowest BCUT2D eigenvalue weighted by molar-refractivity contribution is -0.119. The molecule has 0 saturated carbocycles. The summed E-state index contributed by atoms with van der Waals surface area (Å²) in [7, 11) is 0. The molecule has 0 unspecified atom stereocenters. The molecule has 0 radical (unpaired) electrons. The van der Waals surface area contributed by atoms with Crippen LogP contribution in [-0.2, 0) is 35.8 Å². The lowest BCUT2D eigenvalue weighted by Crippen LogP contribution is -2.29. The largest absolute Gasteiger partial charge is 0.351 e. The Morgan fingerprint density at radius 2 is 0.939 bits per heavy atom. The SMILES string of the molecule is O=C(CSc1nc2ccccc2c(=O)n1CCCn1c(SCC(=O)NCc2ccccc2)nc2ccccc2c1=O)NCc1ccccc1. The fourth-order valence-electron chi connectivity index (χ4n) is 5.25. The van der Waals surface area contributed by atoms with Crippen LogP contribution in [-0.4, -0.2) is 42.4 Å². The summed E-state index contributed by atoms with van der Waals surface area (Å²) >= 11 is 2.40. The maximum atomic E-state index is 13.7. The minimum Gasteiger partial charge on any atom is -0.351 e. The first-order valence-corrected chi connectivity index (χ1v) is 17.8. The Hall–Kier alpha value is -5.20. The number of carbonyl (C=O) groups excluding carboxylic acids is 2. The number of para-hydroxylation sites is 2. The van der Waals surface area contributed by atoms with E-state index in [9.17, 15) is 19.2 Å². The van der Waals surface area contributed by atoms with Crippen LogP contribution in [0.2, 0.25) is 0 Å². The third kappa shape index (κ3) is 8.64. The number of thioether (sulfide) groups is 2. The number of amides is 2. The highest BCUT2D eigenvalue weighted by atomic mass is 32.2. The molecule has 6 aromatic rings. The molecule has 4 aromatic carbocycles.